The van der Waals surface area contributed by atoms with E-state index in [0.717, 1.165) is 6.92 Å². The first-order chi connectivity index (χ1) is 7.84. The quantitative estimate of drug-likeness (QED) is 0.801. The fourth-order valence-electron chi connectivity index (χ4n) is 0.771. The minimum atomic E-state index is -3.96. The van der Waals surface area contributed by atoms with E-state index in [0.29, 0.717) is 5.56 Å². The number of aliphatic hydroxyl groups excluding tert-OH is 1. The van der Waals surface area contributed by atoms with E-state index < -0.39 is 12.6 Å². The van der Waals surface area contributed by atoms with Crippen molar-refractivity contribution in [3.63, 3.8) is 0 Å². The van der Waals surface area contributed by atoms with Crippen molar-refractivity contribution in [2.75, 3.05) is 0 Å². The molecule has 0 aliphatic heterocycles. The highest BCUT2D eigenvalue weighted by Crippen LogP contribution is 2.17. The summed E-state index contributed by atoms with van der Waals surface area (Å²) in [6.07, 6.45) is -4.69. The second-order valence-corrected chi connectivity index (χ2v) is 3.09. The fraction of sp³-hybridized carbons (Fsp3) is 0.364. The Balaban J connectivity index is 0.000000366. The molecule has 1 rings (SSSR count). The summed E-state index contributed by atoms with van der Waals surface area (Å²) in [6, 6.07) is 6.22. The molecular formula is C11H12F3NO2. The summed E-state index contributed by atoms with van der Waals surface area (Å²) in [7, 11) is 0. The zero-order valence-electron chi connectivity index (χ0n) is 9.12. The first-order valence-corrected chi connectivity index (χ1v) is 4.73. The Bertz CT molecular complexity index is 397. The van der Waals surface area contributed by atoms with Crippen LogP contribution in [-0.4, -0.2) is 16.4 Å². The van der Waals surface area contributed by atoms with Crippen LogP contribution in [-0.2, 0) is 6.61 Å². The van der Waals surface area contributed by atoms with Crippen LogP contribution in [0.25, 0.3) is 0 Å². The molecular weight excluding hydrogens is 235 g/mol. The van der Waals surface area contributed by atoms with Gasteiger partial charge in [-0.25, -0.2) is 0 Å². The van der Waals surface area contributed by atoms with Gasteiger partial charge in [0.25, 0.3) is 0 Å². The molecule has 0 atom stereocenters. The molecule has 0 bridgehead atoms. The smallest absolute Gasteiger partial charge is 0.388 e. The molecule has 0 unspecified atom stereocenters. The molecule has 0 aromatic heterocycles. The van der Waals surface area contributed by atoms with Gasteiger partial charge in [-0.2, -0.15) is 18.4 Å². The van der Waals surface area contributed by atoms with Crippen LogP contribution >= 0.6 is 0 Å². The normalized spacial score (nSPS) is 10.1. The second kappa shape index (κ2) is 6.76. The molecule has 0 aliphatic rings. The van der Waals surface area contributed by atoms with Gasteiger partial charge in [0.1, 0.15) is 11.8 Å². The van der Waals surface area contributed by atoms with Gasteiger partial charge in [0.05, 0.1) is 12.2 Å². The molecule has 0 radical (unpaired) electrons. The molecule has 0 saturated carbocycles. The molecule has 0 heterocycles. The number of nitriles is 1. The number of nitrogens with zero attached hydrogens (tertiary/aromatic N) is 1. The minimum Gasteiger partial charge on any atom is -0.507 e. The summed E-state index contributed by atoms with van der Waals surface area (Å²) in [6.45, 7) is 0.967. The minimum absolute atomic E-state index is 0.0512. The van der Waals surface area contributed by atoms with Crippen molar-refractivity contribution >= 4 is 0 Å². The predicted octanol–water partition coefficient (Wildman–Crippen LogP) is 2.71. The number of aromatic hydroxyl groups is 1. The first-order valence-electron chi connectivity index (χ1n) is 4.73. The highest BCUT2D eigenvalue weighted by molar-refractivity contribution is 5.44. The van der Waals surface area contributed by atoms with Gasteiger partial charge in [-0.05, 0) is 17.7 Å². The summed E-state index contributed by atoms with van der Waals surface area (Å²) in [5, 5.41) is 26.1. The number of aliphatic hydroxyl groups is 1. The number of phenolic OH excluding ortho intramolecular Hbond substituents is 1. The van der Waals surface area contributed by atoms with E-state index >= 15 is 0 Å². The van der Waals surface area contributed by atoms with E-state index in [1.807, 2.05) is 6.07 Å². The van der Waals surface area contributed by atoms with Crippen LogP contribution in [0.5, 0.6) is 5.75 Å². The molecule has 17 heavy (non-hydrogen) atoms. The van der Waals surface area contributed by atoms with Gasteiger partial charge in [0.2, 0.25) is 0 Å². The summed E-state index contributed by atoms with van der Waals surface area (Å²) in [5.41, 5.74) is 0.816. The van der Waals surface area contributed by atoms with Crippen molar-refractivity contribution in [3.05, 3.63) is 29.3 Å². The number of alkyl halides is 3. The lowest BCUT2D eigenvalue weighted by atomic mass is 10.1. The zero-order valence-corrected chi connectivity index (χ0v) is 9.12. The highest BCUT2D eigenvalue weighted by atomic mass is 19.4. The Morgan fingerprint density at radius 3 is 2.24 bits per heavy atom. The molecule has 1 aromatic carbocycles. The Morgan fingerprint density at radius 1 is 1.35 bits per heavy atom. The number of hydrogen-bond donors (Lipinski definition) is 2. The third kappa shape index (κ3) is 6.43. The van der Waals surface area contributed by atoms with E-state index in [1.165, 1.54) is 12.1 Å². The van der Waals surface area contributed by atoms with Crippen LogP contribution in [0, 0.1) is 11.3 Å². The first kappa shape index (κ1) is 15.3. The van der Waals surface area contributed by atoms with Crippen LogP contribution in [0.3, 0.4) is 0 Å². The van der Waals surface area contributed by atoms with E-state index in [1.54, 1.807) is 6.07 Å². The second-order valence-electron chi connectivity index (χ2n) is 3.09. The van der Waals surface area contributed by atoms with Gasteiger partial charge in [-0.3, -0.25) is 0 Å². The molecule has 0 saturated heterocycles. The number of benzene rings is 1. The van der Waals surface area contributed by atoms with Crippen molar-refractivity contribution in [1.82, 2.24) is 0 Å². The monoisotopic (exact) mass is 247 g/mol. The number of halogens is 3. The summed E-state index contributed by atoms with van der Waals surface area (Å²) < 4.78 is 32.4. The van der Waals surface area contributed by atoms with Gasteiger partial charge in [-0.1, -0.05) is 13.0 Å². The third-order valence-corrected chi connectivity index (χ3v) is 1.76. The standard InChI is InChI=1S/C8H7NO2.C3H5F3/c9-4-7-3-6(5-10)1-2-8(7)11;1-2-3(4,5)6/h1-3,10-11H,5H2;2H2,1H3. The maximum absolute atomic E-state index is 10.8. The van der Waals surface area contributed by atoms with Gasteiger partial charge >= 0.3 is 6.18 Å². The van der Waals surface area contributed by atoms with Gasteiger partial charge < -0.3 is 10.2 Å². The van der Waals surface area contributed by atoms with E-state index in [-0.39, 0.29) is 17.9 Å². The molecule has 2 N–H and O–H groups in total. The van der Waals surface area contributed by atoms with Crippen molar-refractivity contribution in [1.29, 1.82) is 5.26 Å². The third-order valence-electron chi connectivity index (χ3n) is 1.76. The van der Waals surface area contributed by atoms with Crippen LogP contribution in [0.15, 0.2) is 18.2 Å². The van der Waals surface area contributed by atoms with E-state index in [2.05, 4.69) is 0 Å². The average Bonchev–Trinajstić information content (AvgIpc) is 2.29. The van der Waals surface area contributed by atoms with Crippen molar-refractivity contribution in [2.24, 2.45) is 0 Å². The van der Waals surface area contributed by atoms with Crippen molar-refractivity contribution in [2.45, 2.75) is 26.1 Å². The van der Waals surface area contributed by atoms with Crippen LogP contribution in [0.1, 0.15) is 24.5 Å². The van der Waals surface area contributed by atoms with E-state index in [9.17, 15) is 13.2 Å². The number of rotatable bonds is 1. The van der Waals surface area contributed by atoms with Gasteiger partial charge in [-0.15, -0.1) is 0 Å². The summed E-state index contributed by atoms with van der Waals surface area (Å²) >= 11 is 0. The van der Waals surface area contributed by atoms with Crippen LogP contribution in [0.4, 0.5) is 13.2 Å². The van der Waals surface area contributed by atoms with Crippen molar-refractivity contribution < 1.29 is 23.4 Å². The highest BCUT2D eigenvalue weighted by Gasteiger charge is 2.22. The molecule has 0 spiro atoms. The Kier molecular flexibility index (Phi) is 6.07. The Hall–Kier alpha value is -1.74. The topological polar surface area (TPSA) is 64.2 Å². The molecule has 6 heteroatoms. The molecule has 0 amide bonds. The van der Waals surface area contributed by atoms with Gasteiger partial charge in [0, 0.05) is 6.42 Å². The number of hydrogen-bond acceptors (Lipinski definition) is 3. The summed E-state index contributed by atoms with van der Waals surface area (Å²) in [5.74, 6) is -0.0512. The number of phenols is 1. The predicted molar refractivity (Wildman–Crippen MR) is 55.1 cm³/mol. The average molecular weight is 247 g/mol. The van der Waals surface area contributed by atoms with Gasteiger partial charge in [0.15, 0.2) is 0 Å². The Labute approximate surface area is 96.7 Å². The zero-order chi connectivity index (χ0) is 13.5. The maximum Gasteiger partial charge on any atom is 0.388 e. The summed E-state index contributed by atoms with van der Waals surface area (Å²) in [4.78, 5) is 0. The molecule has 3 nitrogen and oxygen atoms in total. The van der Waals surface area contributed by atoms with E-state index in [4.69, 9.17) is 15.5 Å². The van der Waals surface area contributed by atoms with Crippen LogP contribution in [0.2, 0.25) is 0 Å². The Morgan fingerprint density at radius 2 is 1.88 bits per heavy atom. The molecule has 1 aromatic rings. The molecule has 0 fully saturated rings. The molecule has 94 valence electrons. The lowest BCUT2D eigenvalue weighted by Crippen LogP contribution is -2.02. The van der Waals surface area contributed by atoms with Crippen LogP contribution < -0.4 is 0 Å². The SMILES string of the molecule is CCC(F)(F)F.N#Cc1cc(CO)ccc1O. The lowest BCUT2D eigenvalue weighted by Gasteiger charge is -1.97. The molecule has 0 aliphatic carbocycles. The maximum atomic E-state index is 10.8. The fourth-order valence-corrected chi connectivity index (χ4v) is 0.771. The van der Waals surface area contributed by atoms with Crippen molar-refractivity contribution in [3.8, 4) is 11.8 Å². The lowest BCUT2D eigenvalue weighted by molar-refractivity contribution is -0.130. The largest absolute Gasteiger partial charge is 0.507 e.